The molecule has 0 amide bonds. The molecule has 2 rings (SSSR count). The summed E-state index contributed by atoms with van der Waals surface area (Å²) < 4.78 is 0. The molecule has 1 atom stereocenters. The summed E-state index contributed by atoms with van der Waals surface area (Å²) in [6.07, 6.45) is 3.77. The summed E-state index contributed by atoms with van der Waals surface area (Å²) in [4.78, 5) is 0. The van der Waals surface area contributed by atoms with Gasteiger partial charge in [0.15, 0.2) is 0 Å². The zero-order chi connectivity index (χ0) is 10.1. The maximum absolute atomic E-state index is 5.98. The Labute approximate surface area is 91.3 Å². The van der Waals surface area contributed by atoms with Crippen molar-refractivity contribution < 1.29 is 0 Å². The zero-order valence-corrected chi connectivity index (χ0v) is 9.64. The Balaban J connectivity index is 2.23. The van der Waals surface area contributed by atoms with Gasteiger partial charge in [-0.15, -0.1) is 0 Å². The van der Waals surface area contributed by atoms with Crippen LogP contribution in [0.15, 0.2) is 18.2 Å². The molecule has 0 saturated carbocycles. The van der Waals surface area contributed by atoms with Crippen LogP contribution in [0.4, 0.5) is 0 Å². The average Bonchev–Trinajstić information content (AvgIpc) is 2.16. The van der Waals surface area contributed by atoms with Gasteiger partial charge in [-0.1, -0.05) is 31.5 Å². The standard InChI is InChI=1S/C13H17Cl/c1-9(2)10-3-4-12-8-13(14)6-5-11(12)7-10/h5-6,8-10H,3-4,7H2,1-2H3. The van der Waals surface area contributed by atoms with E-state index in [1.165, 1.54) is 30.4 Å². The average molecular weight is 209 g/mol. The van der Waals surface area contributed by atoms with Crippen molar-refractivity contribution in [3.63, 3.8) is 0 Å². The Morgan fingerprint density at radius 3 is 2.79 bits per heavy atom. The largest absolute Gasteiger partial charge is 0.0843 e. The summed E-state index contributed by atoms with van der Waals surface area (Å²) in [5, 5.41) is 0.881. The molecule has 14 heavy (non-hydrogen) atoms. The second-order valence-corrected chi connectivity index (χ2v) is 5.10. The van der Waals surface area contributed by atoms with Gasteiger partial charge in [-0.3, -0.25) is 0 Å². The van der Waals surface area contributed by atoms with Crippen molar-refractivity contribution in [2.24, 2.45) is 11.8 Å². The lowest BCUT2D eigenvalue weighted by Gasteiger charge is -2.27. The summed E-state index contributed by atoms with van der Waals surface area (Å²) in [6.45, 7) is 4.65. The second kappa shape index (κ2) is 3.94. The van der Waals surface area contributed by atoms with Crippen molar-refractivity contribution in [1.29, 1.82) is 0 Å². The lowest BCUT2D eigenvalue weighted by molar-refractivity contribution is 0.343. The van der Waals surface area contributed by atoms with E-state index in [1.807, 2.05) is 6.07 Å². The molecule has 0 aromatic heterocycles. The Morgan fingerprint density at radius 1 is 1.29 bits per heavy atom. The molecular weight excluding hydrogens is 192 g/mol. The van der Waals surface area contributed by atoms with Crippen LogP contribution >= 0.6 is 11.6 Å². The Kier molecular flexibility index (Phi) is 2.83. The minimum absolute atomic E-state index is 0.804. The van der Waals surface area contributed by atoms with Crippen LogP contribution in [-0.4, -0.2) is 0 Å². The molecule has 0 nitrogen and oxygen atoms in total. The van der Waals surface area contributed by atoms with Gasteiger partial charge < -0.3 is 0 Å². The van der Waals surface area contributed by atoms with Crippen molar-refractivity contribution in [3.05, 3.63) is 34.3 Å². The van der Waals surface area contributed by atoms with Crippen LogP contribution in [0.1, 0.15) is 31.4 Å². The number of fused-ring (bicyclic) bond motifs is 1. The molecule has 1 heteroatoms. The number of halogens is 1. The Bertz CT molecular complexity index is 328. The van der Waals surface area contributed by atoms with Gasteiger partial charge in [-0.25, -0.2) is 0 Å². The molecule has 0 spiro atoms. The second-order valence-electron chi connectivity index (χ2n) is 4.66. The first-order valence-electron chi connectivity index (χ1n) is 5.44. The van der Waals surface area contributed by atoms with E-state index in [2.05, 4.69) is 26.0 Å². The molecule has 0 N–H and O–H groups in total. The predicted molar refractivity (Wildman–Crippen MR) is 61.8 cm³/mol. The van der Waals surface area contributed by atoms with Crippen molar-refractivity contribution >= 4 is 11.6 Å². The summed E-state index contributed by atoms with van der Waals surface area (Å²) in [7, 11) is 0. The summed E-state index contributed by atoms with van der Waals surface area (Å²) in [5.41, 5.74) is 2.98. The van der Waals surface area contributed by atoms with E-state index >= 15 is 0 Å². The Hall–Kier alpha value is -0.490. The van der Waals surface area contributed by atoms with Crippen LogP contribution in [0.3, 0.4) is 0 Å². The molecular formula is C13H17Cl. The SMILES string of the molecule is CC(C)C1CCc2cc(Cl)ccc2C1. The van der Waals surface area contributed by atoms with E-state index in [-0.39, 0.29) is 0 Å². The highest BCUT2D eigenvalue weighted by Gasteiger charge is 2.20. The van der Waals surface area contributed by atoms with Gasteiger partial charge in [0.1, 0.15) is 0 Å². The van der Waals surface area contributed by atoms with Gasteiger partial charge in [-0.05, 0) is 54.4 Å². The van der Waals surface area contributed by atoms with E-state index in [0.717, 1.165) is 16.9 Å². The fraction of sp³-hybridized carbons (Fsp3) is 0.538. The first-order chi connectivity index (χ1) is 6.66. The molecule has 1 aromatic carbocycles. The van der Waals surface area contributed by atoms with Gasteiger partial charge in [0.25, 0.3) is 0 Å². The molecule has 1 aromatic rings. The van der Waals surface area contributed by atoms with Crippen molar-refractivity contribution in [3.8, 4) is 0 Å². The molecule has 0 bridgehead atoms. The maximum atomic E-state index is 5.98. The maximum Gasteiger partial charge on any atom is 0.0408 e. The number of hydrogen-bond acceptors (Lipinski definition) is 0. The smallest absolute Gasteiger partial charge is 0.0408 e. The van der Waals surface area contributed by atoms with Crippen molar-refractivity contribution in [2.45, 2.75) is 33.1 Å². The minimum atomic E-state index is 0.804. The van der Waals surface area contributed by atoms with Crippen LogP contribution in [0, 0.1) is 11.8 Å². The van der Waals surface area contributed by atoms with Gasteiger partial charge in [0, 0.05) is 5.02 Å². The molecule has 0 fully saturated rings. The van der Waals surface area contributed by atoms with E-state index in [4.69, 9.17) is 11.6 Å². The third kappa shape index (κ3) is 1.95. The van der Waals surface area contributed by atoms with Crippen LogP contribution in [-0.2, 0) is 12.8 Å². The number of hydrogen-bond donors (Lipinski definition) is 0. The predicted octanol–water partition coefficient (Wildman–Crippen LogP) is 4.10. The third-order valence-electron chi connectivity index (χ3n) is 3.38. The topological polar surface area (TPSA) is 0 Å². The quantitative estimate of drug-likeness (QED) is 0.652. The third-order valence-corrected chi connectivity index (χ3v) is 3.61. The van der Waals surface area contributed by atoms with Gasteiger partial charge >= 0.3 is 0 Å². The lowest BCUT2D eigenvalue weighted by Crippen LogP contribution is -2.18. The van der Waals surface area contributed by atoms with E-state index in [0.29, 0.717) is 0 Å². The highest BCUT2D eigenvalue weighted by atomic mass is 35.5. The molecule has 0 saturated heterocycles. The summed E-state index contributed by atoms with van der Waals surface area (Å²) in [5.74, 6) is 1.67. The molecule has 0 radical (unpaired) electrons. The van der Waals surface area contributed by atoms with Crippen LogP contribution < -0.4 is 0 Å². The normalized spacial score (nSPS) is 21.0. The van der Waals surface area contributed by atoms with Crippen molar-refractivity contribution in [1.82, 2.24) is 0 Å². The molecule has 76 valence electrons. The molecule has 1 aliphatic carbocycles. The van der Waals surface area contributed by atoms with E-state index in [9.17, 15) is 0 Å². The fourth-order valence-corrected chi connectivity index (χ4v) is 2.52. The first-order valence-corrected chi connectivity index (χ1v) is 5.82. The van der Waals surface area contributed by atoms with Gasteiger partial charge in [0.05, 0.1) is 0 Å². The van der Waals surface area contributed by atoms with Crippen LogP contribution in [0.2, 0.25) is 5.02 Å². The van der Waals surface area contributed by atoms with Gasteiger partial charge in [0.2, 0.25) is 0 Å². The van der Waals surface area contributed by atoms with Crippen LogP contribution in [0.25, 0.3) is 0 Å². The highest BCUT2D eigenvalue weighted by molar-refractivity contribution is 6.30. The highest BCUT2D eigenvalue weighted by Crippen LogP contribution is 2.31. The first kappa shape index (κ1) is 10.0. The van der Waals surface area contributed by atoms with E-state index < -0.39 is 0 Å². The Morgan fingerprint density at radius 2 is 2.07 bits per heavy atom. The molecule has 0 aliphatic heterocycles. The fourth-order valence-electron chi connectivity index (χ4n) is 2.32. The molecule has 1 aliphatic rings. The summed E-state index contributed by atoms with van der Waals surface area (Å²) in [6, 6.07) is 6.35. The zero-order valence-electron chi connectivity index (χ0n) is 8.89. The number of aryl methyl sites for hydroxylation is 1. The number of rotatable bonds is 1. The summed E-state index contributed by atoms with van der Waals surface area (Å²) >= 11 is 5.98. The van der Waals surface area contributed by atoms with Gasteiger partial charge in [-0.2, -0.15) is 0 Å². The van der Waals surface area contributed by atoms with Crippen molar-refractivity contribution in [2.75, 3.05) is 0 Å². The lowest BCUT2D eigenvalue weighted by atomic mass is 9.78. The molecule has 1 unspecified atom stereocenters. The van der Waals surface area contributed by atoms with E-state index in [1.54, 1.807) is 0 Å². The molecule has 0 heterocycles. The minimum Gasteiger partial charge on any atom is -0.0843 e. The number of benzene rings is 1. The monoisotopic (exact) mass is 208 g/mol. The van der Waals surface area contributed by atoms with Crippen LogP contribution in [0.5, 0.6) is 0 Å².